The lowest BCUT2D eigenvalue weighted by atomic mass is 9.81. The summed E-state index contributed by atoms with van der Waals surface area (Å²) >= 11 is 8.11. The fourth-order valence-electron chi connectivity index (χ4n) is 4.74. The molecule has 2 heterocycles. The zero-order valence-electron chi connectivity index (χ0n) is 16.8. The van der Waals surface area contributed by atoms with E-state index >= 15 is 0 Å². The fourth-order valence-corrected chi connectivity index (χ4v) is 5.83. The van der Waals surface area contributed by atoms with E-state index in [4.69, 9.17) is 11.6 Å². The van der Waals surface area contributed by atoms with Gasteiger partial charge in [-0.15, -0.1) is 11.3 Å². The predicted molar refractivity (Wildman–Crippen MR) is 118 cm³/mol. The first-order valence-corrected chi connectivity index (χ1v) is 11.7. The van der Waals surface area contributed by atoms with E-state index in [0.717, 1.165) is 47.7 Å². The fraction of sp³-hybridized carbons (Fsp3) is 0.522. The van der Waals surface area contributed by atoms with Crippen molar-refractivity contribution in [2.75, 3.05) is 6.54 Å². The Labute approximate surface area is 181 Å². The first-order valence-electron chi connectivity index (χ1n) is 10.5. The SMILES string of the molecule is C[C@@]1(O)CCN(Cc2ccccc2Cl)[C@@H](c2cccs2)[C@@H]1NC(=O)C1CCCC1. The first-order chi connectivity index (χ1) is 14.0. The van der Waals surface area contributed by atoms with E-state index in [9.17, 15) is 9.90 Å². The number of thiophene rings is 1. The highest BCUT2D eigenvalue weighted by Crippen LogP contribution is 2.40. The van der Waals surface area contributed by atoms with Crippen molar-refractivity contribution in [1.29, 1.82) is 0 Å². The number of benzene rings is 1. The average Bonchev–Trinajstić information content (AvgIpc) is 3.40. The summed E-state index contributed by atoms with van der Waals surface area (Å²) in [6, 6.07) is 11.6. The number of piperidine rings is 1. The molecule has 0 bridgehead atoms. The minimum absolute atomic E-state index is 0.0775. The Morgan fingerprint density at radius 2 is 2.03 bits per heavy atom. The second-order valence-corrected chi connectivity index (χ2v) is 9.98. The van der Waals surface area contributed by atoms with Crippen LogP contribution in [0.15, 0.2) is 41.8 Å². The molecule has 0 spiro atoms. The van der Waals surface area contributed by atoms with E-state index in [2.05, 4.69) is 21.7 Å². The number of likely N-dealkylation sites (tertiary alicyclic amines) is 1. The molecule has 1 aliphatic heterocycles. The molecule has 1 aliphatic carbocycles. The molecule has 1 amide bonds. The van der Waals surface area contributed by atoms with Crippen molar-refractivity contribution in [1.82, 2.24) is 10.2 Å². The molecule has 2 N–H and O–H groups in total. The van der Waals surface area contributed by atoms with Crippen LogP contribution < -0.4 is 5.32 Å². The van der Waals surface area contributed by atoms with Crippen LogP contribution in [0.3, 0.4) is 0 Å². The number of halogens is 1. The van der Waals surface area contributed by atoms with E-state index in [-0.39, 0.29) is 23.9 Å². The summed E-state index contributed by atoms with van der Waals surface area (Å²) in [4.78, 5) is 16.5. The lowest BCUT2D eigenvalue weighted by molar-refractivity contribution is -0.132. The number of hydrogen-bond acceptors (Lipinski definition) is 4. The quantitative estimate of drug-likeness (QED) is 0.715. The van der Waals surface area contributed by atoms with Crippen LogP contribution in [0.5, 0.6) is 0 Å². The summed E-state index contributed by atoms with van der Waals surface area (Å²) in [6.45, 7) is 3.30. The van der Waals surface area contributed by atoms with Gasteiger partial charge in [0.15, 0.2) is 0 Å². The Kier molecular flexibility index (Phi) is 6.30. The summed E-state index contributed by atoms with van der Waals surface area (Å²) in [5, 5.41) is 17.3. The second-order valence-electron chi connectivity index (χ2n) is 8.60. The molecule has 4 nitrogen and oxygen atoms in total. The van der Waals surface area contributed by atoms with Crippen LogP contribution in [0.1, 0.15) is 55.5 Å². The summed E-state index contributed by atoms with van der Waals surface area (Å²) in [7, 11) is 0. The normalized spacial score (nSPS) is 28.5. The van der Waals surface area contributed by atoms with Gasteiger partial charge in [0, 0.05) is 28.9 Å². The van der Waals surface area contributed by atoms with E-state index in [1.807, 2.05) is 37.3 Å². The van der Waals surface area contributed by atoms with E-state index in [1.165, 1.54) is 0 Å². The largest absolute Gasteiger partial charge is 0.388 e. The van der Waals surface area contributed by atoms with Crippen LogP contribution in [0.2, 0.25) is 5.02 Å². The van der Waals surface area contributed by atoms with Crippen LogP contribution in [0.4, 0.5) is 0 Å². The zero-order chi connectivity index (χ0) is 20.4. The van der Waals surface area contributed by atoms with Crippen molar-refractivity contribution in [2.24, 2.45) is 5.92 Å². The van der Waals surface area contributed by atoms with Gasteiger partial charge in [0.1, 0.15) is 0 Å². The first kappa shape index (κ1) is 20.9. The van der Waals surface area contributed by atoms with Crippen LogP contribution in [-0.4, -0.2) is 34.1 Å². The maximum atomic E-state index is 13.0. The van der Waals surface area contributed by atoms with Crippen LogP contribution in [0.25, 0.3) is 0 Å². The van der Waals surface area contributed by atoms with Gasteiger partial charge in [0.25, 0.3) is 0 Å². The third kappa shape index (κ3) is 4.53. The van der Waals surface area contributed by atoms with Crippen molar-refractivity contribution in [3.8, 4) is 0 Å². The van der Waals surface area contributed by atoms with Gasteiger partial charge in [0.2, 0.25) is 5.91 Å². The van der Waals surface area contributed by atoms with Gasteiger partial charge in [-0.05, 0) is 49.3 Å². The van der Waals surface area contributed by atoms with Crippen molar-refractivity contribution in [3.63, 3.8) is 0 Å². The molecule has 2 aliphatic rings. The van der Waals surface area contributed by atoms with Crippen molar-refractivity contribution in [3.05, 3.63) is 57.2 Å². The zero-order valence-corrected chi connectivity index (χ0v) is 18.4. The Morgan fingerprint density at radius 1 is 1.28 bits per heavy atom. The van der Waals surface area contributed by atoms with Crippen LogP contribution >= 0.6 is 22.9 Å². The minimum atomic E-state index is -0.958. The van der Waals surface area contributed by atoms with Crippen molar-refractivity contribution < 1.29 is 9.90 Å². The molecule has 156 valence electrons. The molecular formula is C23H29ClN2O2S. The van der Waals surface area contributed by atoms with Gasteiger partial charge in [0.05, 0.1) is 17.7 Å². The number of carbonyl (C=O) groups is 1. The van der Waals surface area contributed by atoms with Crippen LogP contribution in [0, 0.1) is 5.92 Å². The predicted octanol–water partition coefficient (Wildman–Crippen LogP) is 4.77. The summed E-state index contributed by atoms with van der Waals surface area (Å²) in [5.74, 6) is 0.169. The van der Waals surface area contributed by atoms with Crippen LogP contribution in [-0.2, 0) is 11.3 Å². The molecule has 1 saturated heterocycles. The third-order valence-corrected chi connectivity index (χ3v) is 7.79. The summed E-state index contributed by atoms with van der Waals surface area (Å²) in [6.07, 6.45) is 4.74. The highest BCUT2D eigenvalue weighted by molar-refractivity contribution is 7.10. The summed E-state index contributed by atoms with van der Waals surface area (Å²) < 4.78 is 0. The molecule has 0 radical (unpaired) electrons. The topological polar surface area (TPSA) is 52.6 Å². The number of nitrogens with one attached hydrogen (secondary N) is 1. The molecular weight excluding hydrogens is 404 g/mol. The molecule has 0 unspecified atom stereocenters. The van der Waals surface area contributed by atoms with Gasteiger partial charge in [-0.1, -0.05) is 48.7 Å². The van der Waals surface area contributed by atoms with Crippen molar-refractivity contribution >= 4 is 28.8 Å². The Morgan fingerprint density at radius 3 is 2.72 bits per heavy atom. The van der Waals surface area contributed by atoms with Gasteiger partial charge in [-0.25, -0.2) is 0 Å². The minimum Gasteiger partial charge on any atom is -0.388 e. The van der Waals surface area contributed by atoms with E-state index in [1.54, 1.807) is 11.3 Å². The Hall–Kier alpha value is -1.40. The van der Waals surface area contributed by atoms with Gasteiger partial charge in [-0.2, -0.15) is 0 Å². The number of aliphatic hydroxyl groups is 1. The second kappa shape index (κ2) is 8.76. The molecule has 3 atom stereocenters. The maximum absolute atomic E-state index is 13.0. The molecule has 4 rings (SSSR count). The third-order valence-electron chi connectivity index (χ3n) is 6.47. The Bertz CT molecular complexity index is 833. The number of hydrogen-bond donors (Lipinski definition) is 2. The maximum Gasteiger partial charge on any atom is 0.223 e. The van der Waals surface area contributed by atoms with Gasteiger partial charge in [-0.3, -0.25) is 9.69 Å². The van der Waals surface area contributed by atoms with E-state index < -0.39 is 5.60 Å². The highest BCUT2D eigenvalue weighted by atomic mass is 35.5. The molecule has 1 aromatic carbocycles. The Balaban J connectivity index is 1.63. The van der Waals surface area contributed by atoms with Crippen molar-refractivity contribution in [2.45, 2.75) is 63.3 Å². The average molecular weight is 433 g/mol. The number of nitrogens with zero attached hydrogens (tertiary/aromatic N) is 1. The van der Waals surface area contributed by atoms with E-state index in [0.29, 0.717) is 13.0 Å². The van der Waals surface area contributed by atoms with Gasteiger partial charge >= 0.3 is 0 Å². The molecule has 1 saturated carbocycles. The molecule has 2 aromatic rings. The summed E-state index contributed by atoms with van der Waals surface area (Å²) in [5.41, 5.74) is 0.109. The lowest BCUT2D eigenvalue weighted by Crippen LogP contribution is -2.62. The van der Waals surface area contributed by atoms with Gasteiger partial charge < -0.3 is 10.4 Å². The molecule has 2 fully saturated rings. The standard InChI is InChI=1S/C23H29ClN2O2S/c1-23(28)12-13-26(15-17-9-4-5-10-18(17)24)20(19-11-6-14-29-19)21(23)25-22(27)16-7-2-3-8-16/h4-6,9-11,14,16,20-21,28H,2-3,7-8,12-13,15H2,1H3,(H,25,27)/t20-,21-,23+/m0/s1. The molecule has 29 heavy (non-hydrogen) atoms. The molecule has 1 aromatic heterocycles. The highest BCUT2D eigenvalue weighted by Gasteiger charge is 2.47. The monoisotopic (exact) mass is 432 g/mol. The lowest BCUT2D eigenvalue weighted by Gasteiger charge is -2.49. The smallest absolute Gasteiger partial charge is 0.223 e. The number of amides is 1. The number of carbonyl (C=O) groups excluding carboxylic acids is 1. The molecule has 6 heteroatoms. The number of rotatable bonds is 5.